The number of anilines is 1. The first kappa shape index (κ1) is 30.3. The molecule has 3 aromatic carbocycles. The number of carbonyl (C=O) groups is 2. The molecule has 0 aliphatic rings. The second kappa shape index (κ2) is 13.7. The fourth-order valence-corrected chi connectivity index (χ4v) is 5.58. The van der Waals surface area contributed by atoms with E-state index < -0.39 is 33.4 Å². The third kappa shape index (κ3) is 7.44. The lowest BCUT2D eigenvalue weighted by molar-refractivity contribution is -0.384. The maximum Gasteiger partial charge on any atom is 0.271 e. The summed E-state index contributed by atoms with van der Waals surface area (Å²) in [6, 6.07) is 20.8. The van der Waals surface area contributed by atoms with E-state index in [1.165, 1.54) is 35.2 Å². The summed E-state index contributed by atoms with van der Waals surface area (Å²) < 4.78 is 28.4. The standard InChI is InChI=1S/C29H34N4O6S/c1-4-22(3)30-29(35)27(5-2)31(20-23-13-8-6-9-14-23)28(34)21-32(24-15-12-16-25(19-24)33(36)37)40(38,39)26-17-10-7-11-18-26/h6-19,22,27H,4-5,20-21H2,1-3H3,(H,30,35)/t22-,27-/m0/s1. The molecule has 0 aliphatic heterocycles. The number of hydrogen-bond acceptors (Lipinski definition) is 6. The van der Waals surface area contributed by atoms with E-state index in [0.717, 1.165) is 15.9 Å². The quantitative estimate of drug-likeness (QED) is 0.239. The number of rotatable bonds is 13. The number of carbonyl (C=O) groups excluding carboxylic acids is 2. The predicted octanol–water partition coefficient (Wildman–Crippen LogP) is 4.51. The van der Waals surface area contributed by atoms with E-state index in [2.05, 4.69) is 5.32 Å². The lowest BCUT2D eigenvalue weighted by Gasteiger charge is -2.33. The average Bonchev–Trinajstić information content (AvgIpc) is 2.96. The van der Waals surface area contributed by atoms with Crippen LogP contribution >= 0.6 is 0 Å². The Balaban J connectivity index is 2.08. The van der Waals surface area contributed by atoms with Crippen LogP contribution in [0.3, 0.4) is 0 Å². The normalized spacial score (nSPS) is 12.7. The topological polar surface area (TPSA) is 130 Å². The number of sulfonamides is 1. The van der Waals surface area contributed by atoms with Crippen molar-refractivity contribution >= 4 is 33.2 Å². The zero-order chi connectivity index (χ0) is 29.3. The molecule has 0 radical (unpaired) electrons. The summed E-state index contributed by atoms with van der Waals surface area (Å²) in [6.45, 7) is 4.98. The van der Waals surface area contributed by atoms with Gasteiger partial charge in [-0.2, -0.15) is 0 Å². The van der Waals surface area contributed by atoms with Crippen LogP contribution in [0.15, 0.2) is 89.8 Å². The molecule has 3 aromatic rings. The van der Waals surface area contributed by atoms with Crippen molar-refractivity contribution in [3.63, 3.8) is 0 Å². The summed E-state index contributed by atoms with van der Waals surface area (Å²) in [5, 5.41) is 14.4. The van der Waals surface area contributed by atoms with Crippen molar-refractivity contribution in [1.82, 2.24) is 10.2 Å². The van der Waals surface area contributed by atoms with Gasteiger partial charge in [-0.05, 0) is 43.5 Å². The fourth-order valence-electron chi connectivity index (χ4n) is 4.15. The summed E-state index contributed by atoms with van der Waals surface area (Å²) in [4.78, 5) is 39.4. The molecule has 3 rings (SSSR count). The summed E-state index contributed by atoms with van der Waals surface area (Å²) in [6.07, 6.45) is 0.994. The Morgan fingerprint density at radius 1 is 0.925 bits per heavy atom. The van der Waals surface area contributed by atoms with E-state index >= 15 is 0 Å². The lowest BCUT2D eigenvalue weighted by Crippen LogP contribution is -2.53. The number of hydrogen-bond donors (Lipinski definition) is 1. The van der Waals surface area contributed by atoms with Gasteiger partial charge in [0.05, 0.1) is 15.5 Å². The van der Waals surface area contributed by atoms with Gasteiger partial charge in [0.25, 0.3) is 15.7 Å². The van der Waals surface area contributed by atoms with E-state index in [4.69, 9.17) is 0 Å². The number of nitro benzene ring substituents is 1. The van der Waals surface area contributed by atoms with Crippen molar-refractivity contribution < 1.29 is 22.9 Å². The summed E-state index contributed by atoms with van der Waals surface area (Å²) >= 11 is 0. The maximum atomic E-state index is 14.0. The number of nitrogens with one attached hydrogen (secondary N) is 1. The molecule has 0 saturated carbocycles. The van der Waals surface area contributed by atoms with Gasteiger partial charge in [0.2, 0.25) is 11.8 Å². The minimum absolute atomic E-state index is 0.0387. The molecule has 0 unspecified atom stereocenters. The summed E-state index contributed by atoms with van der Waals surface area (Å²) in [5.41, 5.74) is 0.403. The van der Waals surface area contributed by atoms with Crippen molar-refractivity contribution in [3.05, 3.63) is 101 Å². The van der Waals surface area contributed by atoms with Gasteiger partial charge in [-0.1, -0.05) is 68.4 Å². The van der Waals surface area contributed by atoms with E-state index in [0.29, 0.717) is 12.8 Å². The van der Waals surface area contributed by atoms with Crippen molar-refractivity contribution in [3.8, 4) is 0 Å². The van der Waals surface area contributed by atoms with Gasteiger partial charge in [-0.25, -0.2) is 8.42 Å². The molecule has 40 heavy (non-hydrogen) atoms. The van der Waals surface area contributed by atoms with Gasteiger partial charge in [0, 0.05) is 24.7 Å². The van der Waals surface area contributed by atoms with Crippen LogP contribution in [0, 0.1) is 10.1 Å². The van der Waals surface area contributed by atoms with Crippen molar-refractivity contribution in [2.45, 2.75) is 57.1 Å². The van der Waals surface area contributed by atoms with E-state index in [9.17, 15) is 28.1 Å². The number of nitro groups is 1. The highest BCUT2D eigenvalue weighted by atomic mass is 32.2. The van der Waals surface area contributed by atoms with Crippen LogP contribution in [0.5, 0.6) is 0 Å². The van der Waals surface area contributed by atoms with Crippen LogP contribution in [0.1, 0.15) is 39.2 Å². The molecule has 212 valence electrons. The van der Waals surface area contributed by atoms with Gasteiger partial charge < -0.3 is 10.2 Å². The van der Waals surface area contributed by atoms with Crippen LogP contribution in [-0.4, -0.2) is 48.7 Å². The van der Waals surface area contributed by atoms with E-state index in [-0.39, 0.29) is 34.8 Å². The first-order chi connectivity index (χ1) is 19.1. The molecule has 0 heterocycles. The molecule has 0 saturated heterocycles. The van der Waals surface area contributed by atoms with Crippen molar-refractivity contribution in [2.75, 3.05) is 10.8 Å². The Morgan fingerprint density at radius 2 is 1.55 bits per heavy atom. The minimum Gasteiger partial charge on any atom is -0.352 e. The van der Waals surface area contributed by atoms with Crippen molar-refractivity contribution in [1.29, 1.82) is 0 Å². The molecule has 0 spiro atoms. The zero-order valence-electron chi connectivity index (χ0n) is 22.8. The molecule has 0 bridgehead atoms. The first-order valence-electron chi connectivity index (χ1n) is 13.0. The molecule has 1 N–H and O–H groups in total. The van der Waals surface area contributed by atoms with E-state index in [1.54, 1.807) is 25.1 Å². The SMILES string of the molecule is CC[C@H](C)NC(=O)[C@H](CC)N(Cc1ccccc1)C(=O)CN(c1cccc([N+](=O)[O-])c1)S(=O)(=O)c1ccccc1. The Morgan fingerprint density at radius 3 is 2.12 bits per heavy atom. The Kier molecular flexibility index (Phi) is 10.4. The van der Waals surface area contributed by atoms with Crippen molar-refractivity contribution in [2.24, 2.45) is 0 Å². The predicted molar refractivity (Wildman–Crippen MR) is 153 cm³/mol. The lowest BCUT2D eigenvalue weighted by atomic mass is 10.1. The monoisotopic (exact) mass is 566 g/mol. The molecular weight excluding hydrogens is 532 g/mol. The third-order valence-electron chi connectivity index (χ3n) is 6.52. The molecular formula is C29H34N4O6S. The summed E-state index contributed by atoms with van der Waals surface area (Å²) in [5.74, 6) is -0.963. The number of nitrogens with zero attached hydrogens (tertiary/aromatic N) is 3. The van der Waals surface area contributed by atoms with Crippen LogP contribution in [0.2, 0.25) is 0 Å². The van der Waals surface area contributed by atoms with Gasteiger partial charge in [0.1, 0.15) is 12.6 Å². The number of benzene rings is 3. The van der Waals surface area contributed by atoms with Crippen LogP contribution < -0.4 is 9.62 Å². The maximum absolute atomic E-state index is 14.0. The smallest absolute Gasteiger partial charge is 0.271 e. The molecule has 0 aliphatic carbocycles. The molecule has 0 fully saturated rings. The second-order valence-electron chi connectivity index (χ2n) is 9.35. The molecule has 11 heteroatoms. The van der Waals surface area contributed by atoms with Gasteiger partial charge in [-0.3, -0.25) is 24.0 Å². The van der Waals surface area contributed by atoms with Crippen LogP contribution in [-0.2, 0) is 26.2 Å². The Hall–Kier alpha value is -4.25. The minimum atomic E-state index is -4.31. The average molecular weight is 567 g/mol. The summed E-state index contributed by atoms with van der Waals surface area (Å²) in [7, 11) is -4.31. The van der Waals surface area contributed by atoms with Gasteiger partial charge >= 0.3 is 0 Å². The van der Waals surface area contributed by atoms with E-state index in [1.807, 2.05) is 44.2 Å². The zero-order valence-corrected chi connectivity index (χ0v) is 23.6. The molecule has 2 atom stereocenters. The highest BCUT2D eigenvalue weighted by Gasteiger charge is 2.34. The third-order valence-corrected chi connectivity index (χ3v) is 8.31. The highest BCUT2D eigenvalue weighted by molar-refractivity contribution is 7.92. The Labute approximate surface area is 234 Å². The van der Waals surface area contributed by atoms with Crippen LogP contribution in [0.25, 0.3) is 0 Å². The first-order valence-corrected chi connectivity index (χ1v) is 14.5. The van der Waals surface area contributed by atoms with Gasteiger partial charge in [0.15, 0.2) is 0 Å². The Bertz CT molecular complexity index is 1420. The van der Waals surface area contributed by atoms with Gasteiger partial charge in [-0.15, -0.1) is 0 Å². The fraction of sp³-hybridized carbons (Fsp3) is 0.310. The molecule has 0 aromatic heterocycles. The second-order valence-corrected chi connectivity index (χ2v) is 11.2. The van der Waals surface area contributed by atoms with Crippen LogP contribution in [0.4, 0.5) is 11.4 Å². The molecule has 10 nitrogen and oxygen atoms in total. The number of amides is 2. The molecule has 2 amide bonds. The largest absolute Gasteiger partial charge is 0.352 e. The number of non-ortho nitro benzene ring substituents is 1. The highest BCUT2D eigenvalue weighted by Crippen LogP contribution is 2.27.